The molecule has 1 heterocycles. The van der Waals surface area contributed by atoms with Crippen LogP contribution < -0.4 is 9.47 Å². The first kappa shape index (κ1) is 24.5. The van der Waals surface area contributed by atoms with Gasteiger partial charge in [0.25, 0.3) is 0 Å². The normalized spacial score (nSPS) is 30.2. The first-order valence-electron chi connectivity index (χ1n) is 10.9. The highest BCUT2D eigenvalue weighted by molar-refractivity contribution is 9.09. The van der Waals surface area contributed by atoms with Gasteiger partial charge >= 0.3 is 5.97 Å². The van der Waals surface area contributed by atoms with Crippen molar-refractivity contribution in [1.82, 2.24) is 0 Å². The van der Waals surface area contributed by atoms with Crippen molar-refractivity contribution in [2.24, 2.45) is 0 Å². The third kappa shape index (κ3) is 4.16. The Morgan fingerprint density at radius 2 is 2.03 bits per heavy atom. The van der Waals surface area contributed by atoms with E-state index in [0.717, 1.165) is 5.56 Å². The number of alkyl halides is 1. The molecule has 0 amide bonds. The maximum absolute atomic E-state index is 12.6. The molecule has 1 aliphatic carbocycles. The van der Waals surface area contributed by atoms with Crippen LogP contribution in [0, 0.1) is 0 Å². The number of rotatable bonds is 6. The van der Waals surface area contributed by atoms with E-state index in [4.69, 9.17) is 18.6 Å². The molecule has 0 unspecified atom stereocenters. The van der Waals surface area contributed by atoms with E-state index in [2.05, 4.69) is 49.8 Å². The second-order valence-corrected chi connectivity index (χ2v) is 15.8. The second-order valence-electron chi connectivity index (χ2n) is 10.0. The maximum atomic E-state index is 12.6. The van der Waals surface area contributed by atoms with Crippen molar-refractivity contribution in [2.45, 2.75) is 87.2 Å². The van der Waals surface area contributed by atoms with Gasteiger partial charge in [0.2, 0.25) is 0 Å². The molecule has 0 spiro atoms. The van der Waals surface area contributed by atoms with Crippen LogP contribution in [0.2, 0.25) is 18.1 Å². The average Bonchev–Trinajstić information content (AvgIpc) is 3.01. The highest BCUT2D eigenvalue weighted by Crippen LogP contribution is 2.57. The molecule has 0 aromatic heterocycles. The highest BCUT2D eigenvalue weighted by atomic mass is 79.9. The number of aliphatic hydroxyl groups excluding tert-OH is 1. The lowest BCUT2D eigenvalue weighted by atomic mass is 9.64. The van der Waals surface area contributed by atoms with Gasteiger partial charge in [-0.15, -0.1) is 0 Å². The lowest BCUT2D eigenvalue weighted by molar-refractivity contribution is -0.149. The van der Waals surface area contributed by atoms with Crippen LogP contribution in [0.3, 0.4) is 0 Å². The molecule has 0 saturated heterocycles. The predicted molar refractivity (Wildman–Crippen MR) is 126 cm³/mol. The van der Waals surface area contributed by atoms with Crippen molar-refractivity contribution in [3.63, 3.8) is 0 Å². The molecule has 6 nitrogen and oxygen atoms in total. The largest absolute Gasteiger partial charge is 0.493 e. The molecule has 1 aliphatic heterocycles. The number of aliphatic hydroxyl groups is 1. The van der Waals surface area contributed by atoms with Crippen LogP contribution in [-0.2, 0) is 19.4 Å². The fourth-order valence-corrected chi connectivity index (χ4v) is 6.91. The summed E-state index contributed by atoms with van der Waals surface area (Å²) in [6, 6.07) is 5.60. The molecule has 0 radical (unpaired) electrons. The van der Waals surface area contributed by atoms with E-state index in [9.17, 15) is 9.90 Å². The Labute approximate surface area is 194 Å². The van der Waals surface area contributed by atoms with Crippen LogP contribution in [0.5, 0.6) is 11.5 Å². The van der Waals surface area contributed by atoms with Crippen molar-refractivity contribution in [3.8, 4) is 11.5 Å². The van der Waals surface area contributed by atoms with E-state index >= 15 is 0 Å². The van der Waals surface area contributed by atoms with Crippen LogP contribution in [0.1, 0.15) is 46.1 Å². The zero-order chi connectivity index (χ0) is 23.2. The van der Waals surface area contributed by atoms with Gasteiger partial charge in [0, 0.05) is 12.0 Å². The maximum Gasteiger partial charge on any atom is 0.306 e. The molecule has 0 bridgehead atoms. The van der Waals surface area contributed by atoms with Crippen LogP contribution in [-0.4, -0.2) is 56.2 Å². The molecule has 1 aromatic rings. The first-order valence-corrected chi connectivity index (χ1v) is 14.7. The molecular formula is C23H35BrO6Si. The fourth-order valence-electron chi connectivity index (χ4n) is 4.46. The topological polar surface area (TPSA) is 74.2 Å². The number of hydrogen-bond acceptors (Lipinski definition) is 6. The molecule has 1 N–H and O–H groups in total. The molecule has 3 rings (SSSR count). The number of esters is 1. The quantitative estimate of drug-likeness (QED) is 0.340. The highest BCUT2D eigenvalue weighted by Gasteiger charge is 2.63. The van der Waals surface area contributed by atoms with Gasteiger partial charge in [-0.2, -0.15) is 0 Å². The lowest BCUT2D eigenvalue weighted by Crippen LogP contribution is -2.63. The molecule has 2 aliphatic rings. The van der Waals surface area contributed by atoms with E-state index in [0.29, 0.717) is 17.9 Å². The molecule has 1 aromatic carbocycles. The Kier molecular flexibility index (Phi) is 6.88. The number of fused-ring (bicyclic) bond motifs is 3. The molecule has 8 heteroatoms. The van der Waals surface area contributed by atoms with Gasteiger partial charge in [-0.05, 0) is 31.1 Å². The van der Waals surface area contributed by atoms with Gasteiger partial charge in [0.15, 0.2) is 19.8 Å². The summed E-state index contributed by atoms with van der Waals surface area (Å²) in [6.45, 7) is 13.1. The second kappa shape index (κ2) is 8.69. The minimum atomic E-state index is -2.09. The Morgan fingerprint density at radius 1 is 1.35 bits per heavy atom. The molecule has 5 atom stereocenters. The molecular weight excluding hydrogens is 480 g/mol. The monoisotopic (exact) mass is 514 g/mol. The van der Waals surface area contributed by atoms with Gasteiger partial charge in [-0.1, -0.05) is 48.8 Å². The standard InChI is InChI=1S/C23H35BrO6Si/c1-8-28-18(26)13-23-14-10-9-11-15(27-5)20(14)29-21(23)19(24)16(12-17(23)25)30-31(6,7)22(2,3)4/h9-11,16-17,19,21,25H,8,12-13H2,1-7H3/t16-,17+,19+,21-,23+/m1/s1. The lowest BCUT2D eigenvalue weighted by Gasteiger charge is -2.50. The number of halogens is 1. The smallest absolute Gasteiger partial charge is 0.306 e. The number of methoxy groups -OCH3 is 1. The summed E-state index contributed by atoms with van der Waals surface area (Å²) in [5.74, 6) is 0.814. The number of para-hydroxylation sites is 1. The molecule has 31 heavy (non-hydrogen) atoms. The van der Waals surface area contributed by atoms with Crippen molar-refractivity contribution in [2.75, 3.05) is 13.7 Å². The Bertz CT molecular complexity index is 823. The number of carbonyl (C=O) groups is 1. The third-order valence-electron chi connectivity index (χ3n) is 7.14. The summed E-state index contributed by atoms with van der Waals surface area (Å²) in [7, 11) is -0.500. The summed E-state index contributed by atoms with van der Waals surface area (Å²) in [5.41, 5.74) is -0.148. The Balaban J connectivity index is 2.04. The summed E-state index contributed by atoms with van der Waals surface area (Å²) >= 11 is 3.85. The minimum absolute atomic E-state index is 0.0295. The Hall–Kier alpha value is -1.09. The van der Waals surface area contributed by atoms with E-state index < -0.39 is 25.9 Å². The van der Waals surface area contributed by atoms with Crippen molar-refractivity contribution in [1.29, 1.82) is 0 Å². The first-order chi connectivity index (χ1) is 14.4. The van der Waals surface area contributed by atoms with E-state index in [-0.39, 0.29) is 35.0 Å². The molecule has 1 fully saturated rings. The number of ether oxygens (including phenoxy) is 3. The summed E-state index contributed by atoms with van der Waals surface area (Å²) in [6.07, 6.45) is -1.14. The van der Waals surface area contributed by atoms with Crippen LogP contribution in [0.15, 0.2) is 18.2 Å². The van der Waals surface area contributed by atoms with Crippen LogP contribution in [0.4, 0.5) is 0 Å². The van der Waals surface area contributed by atoms with E-state index in [1.807, 2.05) is 18.2 Å². The van der Waals surface area contributed by atoms with Crippen molar-refractivity contribution < 1.29 is 28.5 Å². The van der Waals surface area contributed by atoms with Crippen molar-refractivity contribution >= 4 is 30.2 Å². The summed E-state index contributed by atoms with van der Waals surface area (Å²) in [5, 5.41) is 11.6. The van der Waals surface area contributed by atoms with Gasteiger partial charge in [0.1, 0.15) is 6.10 Å². The van der Waals surface area contributed by atoms with Crippen LogP contribution >= 0.6 is 15.9 Å². The molecule has 174 valence electrons. The fraction of sp³-hybridized carbons (Fsp3) is 0.696. The number of benzene rings is 1. The van der Waals surface area contributed by atoms with Crippen molar-refractivity contribution in [3.05, 3.63) is 23.8 Å². The van der Waals surface area contributed by atoms with Crippen LogP contribution in [0.25, 0.3) is 0 Å². The van der Waals surface area contributed by atoms with E-state index in [1.54, 1.807) is 14.0 Å². The summed E-state index contributed by atoms with van der Waals surface area (Å²) < 4.78 is 23.9. The van der Waals surface area contributed by atoms with Gasteiger partial charge in [-0.3, -0.25) is 4.79 Å². The van der Waals surface area contributed by atoms with Gasteiger partial charge in [-0.25, -0.2) is 0 Å². The average molecular weight is 516 g/mol. The zero-order valence-electron chi connectivity index (χ0n) is 19.5. The van der Waals surface area contributed by atoms with Gasteiger partial charge < -0.3 is 23.7 Å². The number of carbonyl (C=O) groups excluding carboxylic acids is 1. The zero-order valence-corrected chi connectivity index (χ0v) is 22.1. The Morgan fingerprint density at radius 3 is 2.61 bits per heavy atom. The third-order valence-corrected chi connectivity index (χ3v) is 12.7. The minimum Gasteiger partial charge on any atom is -0.493 e. The van der Waals surface area contributed by atoms with Gasteiger partial charge in [0.05, 0.1) is 42.6 Å². The number of hydrogen-bond donors (Lipinski definition) is 1. The predicted octanol–water partition coefficient (Wildman–Crippen LogP) is 4.57. The van der Waals surface area contributed by atoms with E-state index in [1.165, 1.54) is 0 Å². The molecule has 1 saturated carbocycles. The summed E-state index contributed by atoms with van der Waals surface area (Å²) in [4.78, 5) is 12.4. The SMILES string of the molecule is CCOC(=O)C[C@@]12c3cccc(OC)c3O[C@@H]1[C@@H](Br)[C@H](O[Si](C)(C)C(C)(C)C)C[C@@H]2O.